The summed E-state index contributed by atoms with van der Waals surface area (Å²) in [6, 6.07) is 0. The van der Waals surface area contributed by atoms with Crippen LogP contribution < -0.4 is 5.32 Å². The zero-order valence-corrected chi connectivity index (χ0v) is 10.5. The Morgan fingerprint density at radius 3 is 2.88 bits per heavy atom. The van der Waals surface area contributed by atoms with Crippen molar-refractivity contribution in [2.75, 3.05) is 13.1 Å². The number of nitrogens with one attached hydrogen (secondary N) is 1. The van der Waals surface area contributed by atoms with Crippen molar-refractivity contribution in [3.63, 3.8) is 0 Å². The molecule has 1 unspecified atom stereocenters. The summed E-state index contributed by atoms with van der Waals surface area (Å²) in [5.74, 6) is 1.68. The van der Waals surface area contributed by atoms with Crippen molar-refractivity contribution in [1.82, 2.24) is 15.3 Å². The fourth-order valence-corrected chi connectivity index (χ4v) is 2.53. The van der Waals surface area contributed by atoms with Gasteiger partial charge in [0.2, 0.25) is 0 Å². The fraction of sp³-hybridized carbons (Fsp3) is 0.692. The third-order valence-corrected chi connectivity index (χ3v) is 3.38. The predicted molar refractivity (Wildman–Crippen MR) is 65.6 cm³/mol. The summed E-state index contributed by atoms with van der Waals surface area (Å²) < 4.78 is 0. The van der Waals surface area contributed by atoms with Crippen molar-refractivity contribution in [1.29, 1.82) is 0 Å². The first-order chi connectivity index (χ1) is 7.70. The first-order valence-electron chi connectivity index (χ1n) is 6.24. The van der Waals surface area contributed by atoms with Crippen molar-refractivity contribution in [2.45, 2.75) is 40.0 Å². The molecule has 3 nitrogen and oxygen atoms in total. The monoisotopic (exact) mass is 219 g/mol. The van der Waals surface area contributed by atoms with Gasteiger partial charge in [0.05, 0.1) is 0 Å². The van der Waals surface area contributed by atoms with E-state index in [0.29, 0.717) is 0 Å². The standard InChI is InChI=1S/C13H21N3/c1-4-14-8-11-5-6-13-12(7-11)9(2)15-10(3)16-13/h11,14H,4-8H2,1-3H3. The van der Waals surface area contributed by atoms with Crippen molar-refractivity contribution in [3.8, 4) is 0 Å². The van der Waals surface area contributed by atoms with Crippen molar-refractivity contribution >= 4 is 0 Å². The van der Waals surface area contributed by atoms with E-state index in [4.69, 9.17) is 0 Å². The third kappa shape index (κ3) is 2.40. The molecule has 0 fully saturated rings. The average molecular weight is 219 g/mol. The van der Waals surface area contributed by atoms with Crippen molar-refractivity contribution in [2.24, 2.45) is 5.92 Å². The van der Waals surface area contributed by atoms with Crippen molar-refractivity contribution < 1.29 is 0 Å². The van der Waals surface area contributed by atoms with Crippen LogP contribution in [0.15, 0.2) is 0 Å². The Labute approximate surface area is 97.7 Å². The van der Waals surface area contributed by atoms with Gasteiger partial charge in [0, 0.05) is 11.4 Å². The molecule has 0 amide bonds. The summed E-state index contributed by atoms with van der Waals surface area (Å²) in [6.07, 6.45) is 3.53. The highest BCUT2D eigenvalue weighted by atomic mass is 14.9. The number of hydrogen-bond donors (Lipinski definition) is 1. The van der Waals surface area contributed by atoms with Crippen LogP contribution in [0.25, 0.3) is 0 Å². The second-order valence-corrected chi connectivity index (χ2v) is 4.70. The highest BCUT2D eigenvalue weighted by Gasteiger charge is 2.21. The lowest BCUT2D eigenvalue weighted by molar-refractivity contribution is 0.422. The molecule has 88 valence electrons. The Balaban J connectivity index is 2.14. The minimum atomic E-state index is 0.762. The molecule has 0 radical (unpaired) electrons. The molecular weight excluding hydrogens is 198 g/mol. The molecule has 1 heterocycles. The van der Waals surface area contributed by atoms with Gasteiger partial charge in [-0.3, -0.25) is 0 Å². The molecule has 0 spiro atoms. The molecule has 1 atom stereocenters. The van der Waals surface area contributed by atoms with Crippen LogP contribution in [0.1, 0.15) is 36.1 Å². The smallest absolute Gasteiger partial charge is 0.125 e. The highest BCUT2D eigenvalue weighted by molar-refractivity contribution is 5.28. The van der Waals surface area contributed by atoms with Gasteiger partial charge in [0.25, 0.3) is 0 Å². The summed E-state index contributed by atoms with van der Waals surface area (Å²) in [6.45, 7) is 8.45. The second-order valence-electron chi connectivity index (χ2n) is 4.70. The van der Waals surface area contributed by atoms with Crippen LogP contribution in [-0.4, -0.2) is 23.1 Å². The van der Waals surface area contributed by atoms with Gasteiger partial charge in [0.1, 0.15) is 5.82 Å². The SMILES string of the molecule is CCNCC1CCc2nc(C)nc(C)c2C1. The van der Waals surface area contributed by atoms with E-state index in [9.17, 15) is 0 Å². The van der Waals surface area contributed by atoms with E-state index in [1.807, 2.05) is 6.92 Å². The molecule has 3 heteroatoms. The zero-order valence-electron chi connectivity index (χ0n) is 10.5. The molecule has 1 aromatic heterocycles. The molecule has 2 rings (SSSR count). The fourth-order valence-electron chi connectivity index (χ4n) is 2.53. The maximum atomic E-state index is 4.56. The molecule has 1 aromatic rings. The van der Waals surface area contributed by atoms with E-state index >= 15 is 0 Å². The van der Waals surface area contributed by atoms with E-state index in [2.05, 4.69) is 29.1 Å². The maximum absolute atomic E-state index is 4.56. The van der Waals surface area contributed by atoms with Gasteiger partial charge < -0.3 is 5.32 Å². The molecule has 16 heavy (non-hydrogen) atoms. The Morgan fingerprint density at radius 1 is 1.31 bits per heavy atom. The summed E-state index contributed by atoms with van der Waals surface area (Å²) in [5, 5.41) is 3.44. The topological polar surface area (TPSA) is 37.8 Å². The van der Waals surface area contributed by atoms with E-state index in [-0.39, 0.29) is 0 Å². The molecule has 1 aliphatic carbocycles. The average Bonchev–Trinajstić information content (AvgIpc) is 2.26. The first kappa shape index (κ1) is 11.5. The van der Waals surface area contributed by atoms with Crippen LogP contribution in [0.3, 0.4) is 0 Å². The number of aromatic nitrogens is 2. The Hall–Kier alpha value is -0.960. The van der Waals surface area contributed by atoms with Gasteiger partial charge >= 0.3 is 0 Å². The molecule has 0 saturated heterocycles. The van der Waals surface area contributed by atoms with Crippen LogP contribution in [-0.2, 0) is 12.8 Å². The van der Waals surface area contributed by atoms with E-state index in [0.717, 1.165) is 37.7 Å². The summed E-state index contributed by atoms with van der Waals surface area (Å²) >= 11 is 0. The van der Waals surface area contributed by atoms with E-state index < -0.39 is 0 Å². The van der Waals surface area contributed by atoms with Gasteiger partial charge in [-0.25, -0.2) is 9.97 Å². The summed E-state index contributed by atoms with van der Waals surface area (Å²) in [5.41, 5.74) is 3.88. The third-order valence-electron chi connectivity index (χ3n) is 3.38. The second kappa shape index (κ2) is 4.91. The predicted octanol–water partition coefficient (Wildman–Crippen LogP) is 1.81. The number of fused-ring (bicyclic) bond motifs is 1. The molecule has 0 aromatic carbocycles. The largest absolute Gasteiger partial charge is 0.317 e. The van der Waals surface area contributed by atoms with Gasteiger partial charge in [-0.1, -0.05) is 6.92 Å². The number of nitrogens with zero attached hydrogens (tertiary/aromatic N) is 2. The molecule has 0 bridgehead atoms. The van der Waals surface area contributed by atoms with Gasteiger partial charge in [-0.2, -0.15) is 0 Å². The quantitative estimate of drug-likeness (QED) is 0.842. The first-order valence-corrected chi connectivity index (χ1v) is 6.24. The Kier molecular flexibility index (Phi) is 3.54. The molecule has 0 saturated carbocycles. The van der Waals surface area contributed by atoms with Gasteiger partial charge in [-0.15, -0.1) is 0 Å². The molecule has 0 aliphatic heterocycles. The molecule has 1 aliphatic rings. The van der Waals surface area contributed by atoms with Gasteiger partial charge in [-0.05, 0) is 57.7 Å². The minimum absolute atomic E-state index is 0.762. The van der Waals surface area contributed by atoms with Crippen LogP contribution in [0.2, 0.25) is 0 Å². The lowest BCUT2D eigenvalue weighted by atomic mass is 9.86. The number of aryl methyl sites for hydroxylation is 3. The Bertz CT molecular complexity index is 374. The maximum Gasteiger partial charge on any atom is 0.125 e. The Morgan fingerprint density at radius 2 is 2.12 bits per heavy atom. The van der Waals surface area contributed by atoms with E-state index in [1.54, 1.807) is 0 Å². The van der Waals surface area contributed by atoms with Crippen molar-refractivity contribution in [3.05, 3.63) is 22.8 Å². The normalized spacial score (nSPS) is 19.6. The summed E-state index contributed by atoms with van der Waals surface area (Å²) in [7, 11) is 0. The lowest BCUT2D eigenvalue weighted by Gasteiger charge is -2.25. The minimum Gasteiger partial charge on any atom is -0.317 e. The number of rotatable bonds is 3. The molecular formula is C13H21N3. The van der Waals surface area contributed by atoms with E-state index in [1.165, 1.54) is 23.4 Å². The zero-order chi connectivity index (χ0) is 11.5. The van der Waals surface area contributed by atoms with Crippen LogP contribution in [0.5, 0.6) is 0 Å². The summed E-state index contributed by atoms with van der Waals surface area (Å²) in [4.78, 5) is 9.03. The van der Waals surface area contributed by atoms with Crippen LogP contribution in [0.4, 0.5) is 0 Å². The van der Waals surface area contributed by atoms with Gasteiger partial charge in [0.15, 0.2) is 0 Å². The van der Waals surface area contributed by atoms with Crippen LogP contribution >= 0.6 is 0 Å². The lowest BCUT2D eigenvalue weighted by Crippen LogP contribution is -2.28. The van der Waals surface area contributed by atoms with Crippen LogP contribution in [0, 0.1) is 19.8 Å². The highest BCUT2D eigenvalue weighted by Crippen LogP contribution is 2.25. The molecule has 1 N–H and O–H groups in total. The number of hydrogen-bond acceptors (Lipinski definition) is 3.